The minimum absolute atomic E-state index is 0.000816. The van der Waals surface area contributed by atoms with Crippen LogP contribution < -0.4 is 0 Å². The van der Waals surface area contributed by atoms with Gasteiger partial charge in [0.15, 0.2) is 0 Å². The minimum atomic E-state index is -0.832. The molecule has 0 spiro atoms. The van der Waals surface area contributed by atoms with E-state index in [-0.39, 0.29) is 17.9 Å². The molecule has 0 aliphatic carbocycles. The van der Waals surface area contributed by atoms with Crippen molar-refractivity contribution >= 4 is 11.9 Å². The van der Waals surface area contributed by atoms with Crippen LogP contribution in [-0.4, -0.2) is 59.5 Å². The van der Waals surface area contributed by atoms with Crippen LogP contribution in [0.3, 0.4) is 0 Å². The quantitative estimate of drug-likeness (QED) is 0.898. The van der Waals surface area contributed by atoms with Crippen LogP contribution in [0.5, 0.6) is 0 Å². The summed E-state index contributed by atoms with van der Waals surface area (Å²) in [6.07, 6.45) is 0. The molecule has 1 aliphatic rings. The second-order valence-corrected chi connectivity index (χ2v) is 6.27. The van der Waals surface area contributed by atoms with Crippen LogP contribution in [0.15, 0.2) is 30.3 Å². The Morgan fingerprint density at radius 3 is 2.45 bits per heavy atom. The molecular weight excluding hydrogens is 280 g/mol. The van der Waals surface area contributed by atoms with E-state index in [1.165, 1.54) is 0 Å². The van der Waals surface area contributed by atoms with Crippen molar-refractivity contribution in [2.75, 3.05) is 26.7 Å². The Hall–Kier alpha value is -1.88. The van der Waals surface area contributed by atoms with Crippen LogP contribution in [0.2, 0.25) is 0 Å². The molecule has 1 N–H and O–H groups in total. The van der Waals surface area contributed by atoms with Gasteiger partial charge in [0.25, 0.3) is 0 Å². The first-order valence-electron chi connectivity index (χ1n) is 7.66. The van der Waals surface area contributed by atoms with Gasteiger partial charge in [-0.1, -0.05) is 30.3 Å². The predicted octanol–water partition coefficient (Wildman–Crippen LogP) is 1.65. The molecule has 1 aromatic rings. The topological polar surface area (TPSA) is 60.9 Å². The number of likely N-dealkylation sites (tertiary alicyclic amines) is 1. The molecule has 2 rings (SSSR count). The number of rotatable bonds is 5. The summed E-state index contributed by atoms with van der Waals surface area (Å²) >= 11 is 0. The Kier molecular flexibility index (Phi) is 5.19. The highest BCUT2D eigenvalue weighted by Gasteiger charge is 2.40. The lowest BCUT2D eigenvalue weighted by molar-refractivity contribution is -0.141. The Balaban J connectivity index is 2.11. The molecule has 120 valence electrons. The van der Waals surface area contributed by atoms with Gasteiger partial charge in [-0.05, 0) is 26.5 Å². The van der Waals surface area contributed by atoms with Crippen molar-refractivity contribution in [1.82, 2.24) is 9.80 Å². The fraction of sp³-hybridized carbons (Fsp3) is 0.529. The van der Waals surface area contributed by atoms with E-state index >= 15 is 0 Å². The van der Waals surface area contributed by atoms with Crippen LogP contribution in [0.25, 0.3) is 0 Å². The average Bonchev–Trinajstić information content (AvgIpc) is 2.93. The highest BCUT2D eigenvalue weighted by atomic mass is 16.4. The van der Waals surface area contributed by atoms with E-state index < -0.39 is 11.9 Å². The maximum Gasteiger partial charge on any atom is 0.308 e. The number of aliphatic carboxylic acids is 1. The van der Waals surface area contributed by atoms with Crippen molar-refractivity contribution in [3.05, 3.63) is 35.9 Å². The molecule has 1 heterocycles. The fourth-order valence-electron chi connectivity index (χ4n) is 2.79. The number of hydrogen-bond donors (Lipinski definition) is 1. The molecule has 5 nitrogen and oxygen atoms in total. The number of nitrogens with zero attached hydrogens (tertiary/aromatic N) is 2. The summed E-state index contributed by atoms with van der Waals surface area (Å²) < 4.78 is 0. The van der Waals surface area contributed by atoms with E-state index in [0.717, 1.165) is 5.56 Å². The number of carboxylic acid groups (broad SMARTS) is 1. The molecule has 1 fully saturated rings. The lowest BCUT2D eigenvalue weighted by atomic mass is 9.89. The molecule has 1 aliphatic heterocycles. The first-order chi connectivity index (χ1) is 10.4. The summed E-state index contributed by atoms with van der Waals surface area (Å²) in [5, 5.41) is 9.47. The van der Waals surface area contributed by atoms with Gasteiger partial charge in [-0.15, -0.1) is 0 Å². The molecular formula is C17H24N2O3. The second kappa shape index (κ2) is 6.92. The summed E-state index contributed by atoms with van der Waals surface area (Å²) in [6, 6.07) is 9.89. The van der Waals surface area contributed by atoms with Gasteiger partial charge in [-0.2, -0.15) is 0 Å². The van der Waals surface area contributed by atoms with E-state index in [2.05, 4.69) is 0 Å². The van der Waals surface area contributed by atoms with Gasteiger partial charge in [0.1, 0.15) is 0 Å². The van der Waals surface area contributed by atoms with Crippen molar-refractivity contribution in [3.8, 4) is 0 Å². The monoisotopic (exact) mass is 304 g/mol. The van der Waals surface area contributed by atoms with Crippen molar-refractivity contribution < 1.29 is 14.7 Å². The molecule has 22 heavy (non-hydrogen) atoms. The number of likely N-dealkylation sites (N-methyl/N-ethyl adjacent to an activating group) is 1. The summed E-state index contributed by atoms with van der Waals surface area (Å²) in [5.41, 5.74) is 0.988. The maximum absolute atomic E-state index is 12.4. The van der Waals surface area contributed by atoms with Crippen molar-refractivity contribution in [2.24, 2.45) is 5.92 Å². The van der Waals surface area contributed by atoms with Crippen LogP contribution in [-0.2, 0) is 9.59 Å². The fourth-order valence-corrected chi connectivity index (χ4v) is 2.79. The SMILES string of the molecule is CC(C)N(C)CC(=O)N1C[C@H](C(=O)O)[C@@H](c2ccccc2)C1. The number of carbonyl (C=O) groups is 2. The standard InChI is InChI=1S/C17H24N2O3/c1-12(2)18(3)11-16(20)19-9-14(15(10-19)17(21)22)13-7-5-4-6-8-13/h4-8,12,14-15H,9-11H2,1-3H3,(H,21,22)/t14-,15+/m1/s1. The highest BCUT2D eigenvalue weighted by molar-refractivity contribution is 5.81. The molecule has 5 heteroatoms. The summed E-state index contributed by atoms with van der Waals surface area (Å²) in [4.78, 5) is 27.6. The van der Waals surface area contributed by atoms with Gasteiger partial charge in [0.2, 0.25) is 5.91 Å². The predicted molar refractivity (Wildman–Crippen MR) is 84.7 cm³/mol. The van der Waals surface area contributed by atoms with E-state index in [9.17, 15) is 14.7 Å². The van der Waals surface area contributed by atoms with Gasteiger partial charge < -0.3 is 10.0 Å². The zero-order valence-corrected chi connectivity index (χ0v) is 13.4. The lowest BCUT2D eigenvalue weighted by Crippen LogP contribution is -2.40. The number of benzene rings is 1. The van der Waals surface area contributed by atoms with Crippen LogP contribution in [0.1, 0.15) is 25.3 Å². The first-order valence-corrected chi connectivity index (χ1v) is 7.66. The summed E-state index contributed by atoms with van der Waals surface area (Å²) in [5.74, 6) is -1.50. The Morgan fingerprint density at radius 1 is 1.27 bits per heavy atom. The van der Waals surface area contributed by atoms with Crippen LogP contribution in [0.4, 0.5) is 0 Å². The van der Waals surface area contributed by atoms with Crippen molar-refractivity contribution in [2.45, 2.75) is 25.8 Å². The minimum Gasteiger partial charge on any atom is -0.481 e. The van der Waals surface area contributed by atoms with E-state index in [4.69, 9.17) is 0 Å². The summed E-state index contributed by atoms with van der Waals surface area (Å²) in [7, 11) is 1.90. The molecule has 0 saturated carbocycles. The highest BCUT2D eigenvalue weighted by Crippen LogP contribution is 2.32. The number of carboxylic acids is 1. The van der Waals surface area contributed by atoms with E-state index in [0.29, 0.717) is 19.6 Å². The number of amides is 1. The Bertz CT molecular complexity index is 530. The van der Waals surface area contributed by atoms with Gasteiger partial charge in [0, 0.05) is 25.0 Å². The molecule has 1 saturated heterocycles. The Morgan fingerprint density at radius 2 is 1.91 bits per heavy atom. The van der Waals surface area contributed by atoms with E-state index in [1.54, 1.807) is 4.90 Å². The lowest BCUT2D eigenvalue weighted by Gasteiger charge is -2.24. The molecule has 2 atom stereocenters. The molecule has 1 aromatic carbocycles. The molecule has 0 bridgehead atoms. The van der Waals surface area contributed by atoms with Crippen molar-refractivity contribution in [1.29, 1.82) is 0 Å². The van der Waals surface area contributed by atoms with Gasteiger partial charge in [-0.25, -0.2) is 0 Å². The number of carbonyl (C=O) groups excluding carboxylic acids is 1. The Labute approximate surface area is 131 Å². The second-order valence-electron chi connectivity index (χ2n) is 6.27. The zero-order valence-electron chi connectivity index (χ0n) is 13.4. The zero-order chi connectivity index (χ0) is 16.3. The normalized spacial score (nSPS) is 21.6. The maximum atomic E-state index is 12.4. The van der Waals surface area contributed by atoms with Crippen LogP contribution in [0, 0.1) is 5.92 Å². The third kappa shape index (κ3) is 3.65. The third-order valence-electron chi connectivity index (χ3n) is 4.48. The molecule has 1 amide bonds. The average molecular weight is 304 g/mol. The largest absolute Gasteiger partial charge is 0.481 e. The van der Waals surface area contributed by atoms with Crippen molar-refractivity contribution in [3.63, 3.8) is 0 Å². The smallest absolute Gasteiger partial charge is 0.308 e. The molecule has 0 aromatic heterocycles. The molecule has 0 radical (unpaired) electrons. The van der Waals surface area contributed by atoms with Gasteiger partial charge in [0.05, 0.1) is 12.5 Å². The van der Waals surface area contributed by atoms with E-state index in [1.807, 2.05) is 56.1 Å². The number of hydrogen-bond acceptors (Lipinski definition) is 3. The first kappa shape index (κ1) is 16.5. The summed E-state index contributed by atoms with van der Waals surface area (Å²) in [6.45, 7) is 5.16. The third-order valence-corrected chi connectivity index (χ3v) is 4.48. The van der Waals surface area contributed by atoms with Gasteiger partial charge in [-0.3, -0.25) is 14.5 Å². The van der Waals surface area contributed by atoms with Gasteiger partial charge >= 0.3 is 5.97 Å². The van der Waals surface area contributed by atoms with Crippen LogP contribution >= 0.6 is 0 Å². The molecule has 0 unspecified atom stereocenters.